The second-order valence-electron chi connectivity index (χ2n) is 10.4. The van der Waals surface area contributed by atoms with E-state index in [4.69, 9.17) is 15.2 Å². The number of morpholine rings is 1. The Morgan fingerprint density at radius 1 is 1.08 bits per heavy atom. The maximum Gasteiger partial charge on any atom is 0.261 e. The zero-order chi connectivity index (χ0) is 26.7. The molecule has 1 aromatic heterocycles. The van der Waals surface area contributed by atoms with Gasteiger partial charge in [-0.2, -0.15) is 0 Å². The Hall–Kier alpha value is -3.70. The first kappa shape index (κ1) is 25.9. The van der Waals surface area contributed by atoms with E-state index in [0.29, 0.717) is 51.6 Å². The van der Waals surface area contributed by atoms with Crippen LogP contribution in [0.5, 0.6) is 5.75 Å². The topological polar surface area (TPSA) is 126 Å². The van der Waals surface area contributed by atoms with E-state index in [0.717, 1.165) is 36.5 Å². The molecule has 2 fully saturated rings. The van der Waals surface area contributed by atoms with Crippen molar-refractivity contribution >= 4 is 28.8 Å². The van der Waals surface area contributed by atoms with Crippen LogP contribution >= 0.6 is 0 Å². The SMILES string of the molecule is CC1(C)Cc2cc(NC(=O)C(=CN)c3ncccn3)c(N3CCN(CC(=O)N4CCOCC4)CC3)cc2O1. The number of carbonyl (C=O) groups excluding carboxylic acids is 2. The number of benzene rings is 1. The molecule has 0 spiro atoms. The lowest BCUT2D eigenvalue weighted by Gasteiger charge is -2.38. The smallest absolute Gasteiger partial charge is 0.261 e. The first-order valence-electron chi connectivity index (χ1n) is 13.0. The van der Waals surface area contributed by atoms with Crippen LogP contribution in [0.25, 0.3) is 5.57 Å². The van der Waals surface area contributed by atoms with Gasteiger partial charge in [-0.15, -0.1) is 0 Å². The standard InChI is InChI=1S/C27H35N7O4/c1-27(2)16-19-14-21(31-26(36)20(17-28)25-29-4-3-5-30-25)22(15-23(19)38-27)33-8-6-32(7-9-33)18-24(35)34-10-12-37-13-11-34/h3-5,14-15,17H,6-13,16,18,28H2,1-2H3,(H,31,36). The zero-order valence-corrected chi connectivity index (χ0v) is 22.0. The minimum atomic E-state index is -0.382. The predicted molar refractivity (Wildman–Crippen MR) is 144 cm³/mol. The van der Waals surface area contributed by atoms with Crippen LogP contribution in [0.3, 0.4) is 0 Å². The van der Waals surface area contributed by atoms with Gasteiger partial charge in [-0.25, -0.2) is 9.97 Å². The highest BCUT2D eigenvalue weighted by Gasteiger charge is 2.33. The maximum atomic E-state index is 13.3. The molecule has 3 N–H and O–H groups in total. The second-order valence-corrected chi connectivity index (χ2v) is 10.4. The molecule has 5 rings (SSSR count). The summed E-state index contributed by atoms with van der Waals surface area (Å²) in [4.78, 5) is 40.6. The van der Waals surface area contributed by atoms with Gasteiger partial charge in [0.05, 0.1) is 36.7 Å². The molecule has 3 aliphatic heterocycles. The fourth-order valence-corrected chi connectivity index (χ4v) is 5.13. The second kappa shape index (κ2) is 11.0. The minimum Gasteiger partial charge on any atom is -0.487 e. The van der Waals surface area contributed by atoms with Gasteiger partial charge in [0.1, 0.15) is 11.4 Å². The number of hydrogen-bond donors (Lipinski definition) is 2. The van der Waals surface area contributed by atoms with Crippen LogP contribution in [-0.4, -0.2) is 96.2 Å². The van der Waals surface area contributed by atoms with Gasteiger partial charge in [-0.3, -0.25) is 14.5 Å². The molecule has 38 heavy (non-hydrogen) atoms. The molecular weight excluding hydrogens is 486 g/mol. The fourth-order valence-electron chi connectivity index (χ4n) is 5.13. The number of nitrogens with two attached hydrogens (primary N) is 1. The molecule has 1 aromatic carbocycles. The molecule has 11 nitrogen and oxygen atoms in total. The van der Waals surface area contributed by atoms with Gasteiger partial charge in [-0.05, 0) is 26.0 Å². The molecule has 0 atom stereocenters. The molecule has 0 radical (unpaired) electrons. The Morgan fingerprint density at radius 3 is 2.47 bits per heavy atom. The summed E-state index contributed by atoms with van der Waals surface area (Å²) in [5.74, 6) is 0.854. The summed E-state index contributed by atoms with van der Waals surface area (Å²) in [6.45, 7) is 9.91. The summed E-state index contributed by atoms with van der Waals surface area (Å²) in [6, 6.07) is 5.69. The van der Waals surface area contributed by atoms with Gasteiger partial charge in [0.15, 0.2) is 5.82 Å². The molecule has 2 aromatic rings. The van der Waals surface area contributed by atoms with E-state index in [1.54, 1.807) is 18.5 Å². The highest BCUT2D eigenvalue weighted by Crippen LogP contribution is 2.42. The average molecular weight is 522 g/mol. The van der Waals surface area contributed by atoms with Crippen LogP contribution in [0.1, 0.15) is 25.2 Å². The highest BCUT2D eigenvalue weighted by molar-refractivity contribution is 6.24. The van der Waals surface area contributed by atoms with Crippen molar-refractivity contribution in [3.8, 4) is 5.75 Å². The quantitative estimate of drug-likeness (QED) is 0.538. The third-order valence-corrected chi connectivity index (χ3v) is 7.08. The van der Waals surface area contributed by atoms with Crippen LogP contribution in [0.4, 0.5) is 11.4 Å². The summed E-state index contributed by atoms with van der Waals surface area (Å²) in [7, 11) is 0. The number of carbonyl (C=O) groups is 2. The van der Waals surface area contributed by atoms with Crippen molar-refractivity contribution in [2.75, 3.05) is 69.2 Å². The van der Waals surface area contributed by atoms with Crippen molar-refractivity contribution in [2.24, 2.45) is 5.73 Å². The monoisotopic (exact) mass is 521 g/mol. The lowest BCUT2D eigenvalue weighted by Crippen LogP contribution is -2.51. The van der Waals surface area contributed by atoms with Crippen molar-refractivity contribution in [3.63, 3.8) is 0 Å². The third-order valence-electron chi connectivity index (χ3n) is 7.08. The summed E-state index contributed by atoms with van der Waals surface area (Å²) in [5.41, 5.74) is 8.27. The number of piperazine rings is 1. The zero-order valence-electron chi connectivity index (χ0n) is 22.0. The van der Waals surface area contributed by atoms with Gasteiger partial charge < -0.3 is 30.3 Å². The van der Waals surface area contributed by atoms with Crippen LogP contribution in [0, 0.1) is 0 Å². The Labute approximate surface area is 222 Å². The Balaban J connectivity index is 1.32. The van der Waals surface area contributed by atoms with E-state index in [2.05, 4.69) is 38.9 Å². The Morgan fingerprint density at radius 2 is 1.79 bits per heavy atom. The molecule has 11 heteroatoms. The number of anilines is 2. The summed E-state index contributed by atoms with van der Waals surface area (Å²) >= 11 is 0. The first-order valence-corrected chi connectivity index (χ1v) is 13.0. The fraction of sp³-hybridized carbons (Fsp3) is 0.481. The largest absolute Gasteiger partial charge is 0.487 e. The lowest BCUT2D eigenvalue weighted by atomic mass is 10.0. The number of fused-ring (bicyclic) bond motifs is 1. The first-order chi connectivity index (χ1) is 18.3. The Bertz CT molecular complexity index is 1200. The normalized spacial score (nSPS) is 19.6. The van der Waals surface area contributed by atoms with E-state index >= 15 is 0 Å². The number of rotatable bonds is 6. The molecule has 2 saturated heterocycles. The molecule has 2 amide bonds. The molecule has 0 unspecified atom stereocenters. The lowest BCUT2D eigenvalue weighted by molar-refractivity contribution is -0.136. The number of amides is 2. The van der Waals surface area contributed by atoms with Crippen molar-refractivity contribution in [2.45, 2.75) is 25.9 Å². The Kier molecular flexibility index (Phi) is 7.48. The van der Waals surface area contributed by atoms with Crippen molar-refractivity contribution in [1.29, 1.82) is 0 Å². The van der Waals surface area contributed by atoms with Crippen molar-refractivity contribution in [3.05, 3.63) is 48.2 Å². The van der Waals surface area contributed by atoms with E-state index in [1.807, 2.05) is 17.0 Å². The number of ether oxygens (including phenoxy) is 2. The van der Waals surface area contributed by atoms with E-state index in [1.165, 1.54) is 6.20 Å². The highest BCUT2D eigenvalue weighted by atomic mass is 16.5. The predicted octanol–water partition coefficient (Wildman–Crippen LogP) is 1.11. The number of aromatic nitrogens is 2. The summed E-state index contributed by atoms with van der Waals surface area (Å²) < 4.78 is 11.6. The molecule has 0 saturated carbocycles. The van der Waals surface area contributed by atoms with Gasteiger partial charge >= 0.3 is 0 Å². The van der Waals surface area contributed by atoms with E-state index in [9.17, 15) is 9.59 Å². The molecular formula is C27H35N7O4. The van der Waals surface area contributed by atoms with Gasteiger partial charge in [0, 0.05) is 75.9 Å². The molecule has 3 aliphatic rings. The number of hydrogen-bond acceptors (Lipinski definition) is 9. The van der Waals surface area contributed by atoms with E-state index in [-0.39, 0.29) is 28.8 Å². The van der Waals surface area contributed by atoms with Gasteiger partial charge in [-0.1, -0.05) is 0 Å². The van der Waals surface area contributed by atoms with Crippen LogP contribution < -0.4 is 20.7 Å². The average Bonchev–Trinajstić information content (AvgIpc) is 3.23. The molecule has 0 bridgehead atoms. The molecule has 202 valence electrons. The van der Waals surface area contributed by atoms with Crippen LogP contribution in [0.15, 0.2) is 36.8 Å². The van der Waals surface area contributed by atoms with Crippen LogP contribution in [0.2, 0.25) is 0 Å². The van der Waals surface area contributed by atoms with Crippen LogP contribution in [-0.2, 0) is 20.7 Å². The van der Waals surface area contributed by atoms with Crippen molar-refractivity contribution < 1.29 is 19.1 Å². The summed E-state index contributed by atoms with van der Waals surface area (Å²) in [6.07, 6.45) is 5.11. The van der Waals surface area contributed by atoms with Crippen molar-refractivity contribution in [1.82, 2.24) is 19.8 Å². The van der Waals surface area contributed by atoms with E-state index < -0.39 is 0 Å². The van der Waals surface area contributed by atoms with Gasteiger partial charge in [0.25, 0.3) is 5.91 Å². The maximum absolute atomic E-state index is 13.3. The third kappa shape index (κ3) is 5.73. The minimum absolute atomic E-state index is 0.145. The number of nitrogens with zero attached hydrogens (tertiary/aromatic N) is 5. The number of nitrogens with one attached hydrogen (secondary N) is 1. The van der Waals surface area contributed by atoms with Gasteiger partial charge in [0.2, 0.25) is 5.91 Å². The molecule has 0 aliphatic carbocycles. The molecule has 4 heterocycles. The summed E-state index contributed by atoms with van der Waals surface area (Å²) in [5, 5.41) is 3.05.